The van der Waals surface area contributed by atoms with E-state index in [2.05, 4.69) is 0 Å². The van der Waals surface area contributed by atoms with Gasteiger partial charge in [0.15, 0.2) is 0 Å². The van der Waals surface area contributed by atoms with Crippen molar-refractivity contribution in [3.05, 3.63) is 119 Å². The standard InChI is InChI=1S/C27H21NO4/c1-32-23-16-10-20(11-17-23)28-26(31)24-4-2-3-5-25(24)27(28,18-6-12-21(29)13-7-18)19-8-14-22(30)15-9-19/h2-17,29-30H,1H3. The predicted octanol–water partition coefficient (Wildman–Crippen LogP) is 5.06. The number of methoxy groups -OCH3 is 1. The molecule has 0 unspecified atom stereocenters. The molecule has 0 spiro atoms. The zero-order chi connectivity index (χ0) is 22.3. The summed E-state index contributed by atoms with van der Waals surface area (Å²) in [5.74, 6) is 0.844. The smallest absolute Gasteiger partial charge is 0.260 e. The molecule has 0 aliphatic carbocycles. The zero-order valence-corrected chi connectivity index (χ0v) is 17.4. The first-order valence-corrected chi connectivity index (χ1v) is 10.2. The van der Waals surface area contributed by atoms with Gasteiger partial charge in [-0.15, -0.1) is 0 Å². The van der Waals surface area contributed by atoms with Crippen LogP contribution in [0.5, 0.6) is 17.2 Å². The van der Waals surface area contributed by atoms with Crippen molar-refractivity contribution >= 4 is 11.6 Å². The molecule has 1 aliphatic heterocycles. The Morgan fingerprint density at radius 3 is 1.78 bits per heavy atom. The van der Waals surface area contributed by atoms with E-state index in [-0.39, 0.29) is 17.4 Å². The number of hydrogen-bond acceptors (Lipinski definition) is 4. The molecule has 0 saturated carbocycles. The molecular formula is C27H21NO4. The molecule has 5 nitrogen and oxygen atoms in total. The Bertz CT molecular complexity index is 1230. The van der Waals surface area contributed by atoms with Gasteiger partial charge >= 0.3 is 0 Å². The molecule has 1 heterocycles. The van der Waals surface area contributed by atoms with Gasteiger partial charge in [0.2, 0.25) is 0 Å². The molecule has 1 amide bonds. The van der Waals surface area contributed by atoms with Gasteiger partial charge in [-0.3, -0.25) is 9.69 Å². The first-order chi connectivity index (χ1) is 15.6. The largest absolute Gasteiger partial charge is 0.508 e. The Morgan fingerprint density at radius 2 is 1.25 bits per heavy atom. The van der Waals surface area contributed by atoms with E-state index in [4.69, 9.17) is 4.74 Å². The molecule has 0 bridgehead atoms. The van der Waals surface area contributed by atoms with Gasteiger partial charge in [0.1, 0.15) is 22.8 Å². The molecule has 0 saturated heterocycles. The van der Waals surface area contributed by atoms with E-state index in [1.165, 1.54) is 0 Å². The lowest BCUT2D eigenvalue weighted by Gasteiger charge is -2.40. The van der Waals surface area contributed by atoms with Gasteiger partial charge < -0.3 is 14.9 Å². The Kier molecular flexibility index (Phi) is 4.59. The normalized spacial score (nSPS) is 14.3. The SMILES string of the molecule is COc1ccc(N2C(=O)c3ccccc3C2(c2ccc(O)cc2)c2ccc(O)cc2)cc1. The van der Waals surface area contributed by atoms with Crippen molar-refractivity contribution in [2.24, 2.45) is 0 Å². The summed E-state index contributed by atoms with van der Waals surface area (Å²) < 4.78 is 5.31. The van der Waals surface area contributed by atoms with Crippen molar-refractivity contribution in [2.75, 3.05) is 12.0 Å². The fourth-order valence-corrected chi connectivity index (χ4v) is 4.56. The van der Waals surface area contributed by atoms with Gasteiger partial charge in [-0.1, -0.05) is 42.5 Å². The number of phenolic OH excluding ortho intramolecular Hbond substituents is 2. The maximum atomic E-state index is 13.8. The highest BCUT2D eigenvalue weighted by Gasteiger charge is 2.52. The van der Waals surface area contributed by atoms with E-state index in [9.17, 15) is 15.0 Å². The number of amides is 1. The summed E-state index contributed by atoms with van der Waals surface area (Å²) in [5, 5.41) is 19.9. The van der Waals surface area contributed by atoms with Crippen molar-refractivity contribution in [2.45, 2.75) is 5.54 Å². The number of hydrogen-bond donors (Lipinski definition) is 2. The first-order valence-electron chi connectivity index (χ1n) is 10.2. The third kappa shape index (κ3) is 2.82. The lowest BCUT2D eigenvalue weighted by molar-refractivity contribution is 0.0986. The maximum Gasteiger partial charge on any atom is 0.260 e. The van der Waals surface area contributed by atoms with E-state index < -0.39 is 5.54 Å². The minimum Gasteiger partial charge on any atom is -0.508 e. The molecule has 4 aromatic carbocycles. The summed E-state index contributed by atoms with van der Waals surface area (Å²) in [6.45, 7) is 0. The lowest BCUT2D eigenvalue weighted by Crippen LogP contribution is -2.46. The van der Waals surface area contributed by atoms with Crippen molar-refractivity contribution in [1.82, 2.24) is 0 Å². The second kappa shape index (κ2) is 7.46. The number of aromatic hydroxyl groups is 2. The Labute approximate surface area is 185 Å². The van der Waals surface area contributed by atoms with Gasteiger partial charge in [0.05, 0.1) is 7.11 Å². The monoisotopic (exact) mass is 423 g/mol. The van der Waals surface area contributed by atoms with Crippen LogP contribution in [-0.2, 0) is 5.54 Å². The molecule has 0 atom stereocenters. The number of benzene rings is 4. The third-order valence-electron chi connectivity index (χ3n) is 5.99. The van der Waals surface area contributed by atoms with Crippen LogP contribution in [0.15, 0.2) is 97.1 Å². The molecule has 2 N–H and O–H groups in total. The number of carbonyl (C=O) groups is 1. The lowest BCUT2D eigenvalue weighted by atomic mass is 9.76. The minimum absolute atomic E-state index is 0.132. The number of carbonyl (C=O) groups excluding carboxylic acids is 1. The summed E-state index contributed by atoms with van der Waals surface area (Å²) in [4.78, 5) is 15.6. The number of fused-ring (bicyclic) bond motifs is 1. The Hall–Kier alpha value is -4.25. The van der Waals surface area contributed by atoms with E-state index in [1.54, 1.807) is 36.3 Å². The van der Waals surface area contributed by atoms with Crippen molar-refractivity contribution in [3.63, 3.8) is 0 Å². The van der Waals surface area contributed by atoms with Crippen molar-refractivity contribution in [1.29, 1.82) is 0 Å². The number of rotatable bonds is 4. The summed E-state index contributed by atoms with van der Waals surface area (Å²) in [6, 6.07) is 28.7. The van der Waals surface area contributed by atoms with E-state index >= 15 is 0 Å². The molecular weight excluding hydrogens is 402 g/mol. The zero-order valence-electron chi connectivity index (χ0n) is 17.4. The molecule has 158 valence electrons. The third-order valence-corrected chi connectivity index (χ3v) is 5.99. The molecule has 5 rings (SSSR count). The van der Waals surface area contributed by atoms with Gasteiger partial charge in [-0.25, -0.2) is 0 Å². The van der Waals surface area contributed by atoms with E-state index in [0.29, 0.717) is 17.0 Å². The number of ether oxygens (including phenoxy) is 1. The predicted molar refractivity (Wildman–Crippen MR) is 122 cm³/mol. The van der Waals surface area contributed by atoms with Gasteiger partial charge in [0, 0.05) is 11.3 Å². The fraction of sp³-hybridized carbons (Fsp3) is 0.0741. The van der Waals surface area contributed by atoms with Crippen molar-refractivity contribution in [3.8, 4) is 17.2 Å². The van der Waals surface area contributed by atoms with Crippen molar-refractivity contribution < 1.29 is 19.7 Å². The number of anilines is 1. The highest BCUT2D eigenvalue weighted by Crippen LogP contribution is 2.51. The van der Waals surface area contributed by atoms with Gasteiger partial charge in [-0.05, 0) is 71.3 Å². The Morgan fingerprint density at radius 1 is 0.719 bits per heavy atom. The quantitative estimate of drug-likeness (QED) is 0.481. The Balaban J connectivity index is 1.87. The van der Waals surface area contributed by atoms with E-state index in [1.807, 2.05) is 72.8 Å². The number of nitrogens with zero attached hydrogens (tertiary/aromatic N) is 1. The number of phenols is 2. The maximum absolute atomic E-state index is 13.8. The van der Waals surface area contributed by atoms with Gasteiger partial charge in [-0.2, -0.15) is 0 Å². The molecule has 0 aromatic heterocycles. The molecule has 4 aromatic rings. The van der Waals surface area contributed by atoms with Crippen LogP contribution in [0.2, 0.25) is 0 Å². The highest BCUT2D eigenvalue weighted by atomic mass is 16.5. The van der Waals surface area contributed by atoms with Crippen LogP contribution >= 0.6 is 0 Å². The molecule has 5 heteroatoms. The second-order valence-electron chi connectivity index (χ2n) is 7.69. The first kappa shape index (κ1) is 19.7. The summed E-state index contributed by atoms with van der Waals surface area (Å²) in [6.07, 6.45) is 0. The van der Waals surface area contributed by atoms with Crippen LogP contribution in [0.1, 0.15) is 27.0 Å². The van der Waals surface area contributed by atoms with Crippen LogP contribution in [0.25, 0.3) is 0 Å². The fourth-order valence-electron chi connectivity index (χ4n) is 4.56. The molecule has 1 aliphatic rings. The molecule has 0 fully saturated rings. The molecule has 32 heavy (non-hydrogen) atoms. The van der Waals surface area contributed by atoms with Crippen LogP contribution < -0.4 is 9.64 Å². The average molecular weight is 423 g/mol. The minimum atomic E-state index is -0.996. The van der Waals surface area contributed by atoms with Gasteiger partial charge in [0.25, 0.3) is 5.91 Å². The van der Waals surface area contributed by atoms with Crippen LogP contribution in [0.3, 0.4) is 0 Å². The van der Waals surface area contributed by atoms with Crippen LogP contribution in [-0.4, -0.2) is 23.2 Å². The van der Waals surface area contributed by atoms with Crippen LogP contribution in [0, 0.1) is 0 Å². The van der Waals surface area contributed by atoms with Crippen LogP contribution in [0.4, 0.5) is 5.69 Å². The molecule has 0 radical (unpaired) electrons. The van der Waals surface area contributed by atoms with E-state index in [0.717, 1.165) is 16.7 Å². The second-order valence-corrected chi connectivity index (χ2v) is 7.69. The topological polar surface area (TPSA) is 70.0 Å². The average Bonchev–Trinajstić information content (AvgIpc) is 3.10. The summed E-state index contributed by atoms with van der Waals surface area (Å²) in [7, 11) is 1.60. The highest BCUT2D eigenvalue weighted by molar-refractivity contribution is 6.13. The summed E-state index contributed by atoms with van der Waals surface area (Å²) >= 11 is 0. The summed E-state index contributed by atoms with van der Waals surface area (Å²) in [5.41, 5.74) is 2.77.